The first-order valence-electron chi connectivity index (χ1n) is 6.60. The van der Waals surface area contributed by atoms with Gasteiger partial charge in [0.25, 0.3) is 0 Å². The van der Waals surface area contributed by atoms with Gasteiger partial charge in [-0.25, -0.2) is 0 Å². The second-order valence-corrected chi connectivity index (χ2v) is 6.09. The van der Waals surface area contributed by atoms with Crippen LogP contribution in [0.25, 0.3) is 0 Å². The van der Waals surface area contributed by atoms with Crippen molar-refractivity contribution < 1.29 is 9.47 Å². The molecule has 6 atom stereocenters. The number of morpholine rings is 1. The van der Waals surface area contributed by atoms with Crippen LogP contribution in [0.15, 0.2) is 0 Å². The van der Waals surface area contributed by atoms with Gasteiger partial charge in [0.15, 0.2) is 0 Å². The number of hydrogen-bond acceptors (Lipinski definition) is 3. The second-order valence-electron chi connectivity index (χ2n) is 6.09. The van der Waals surface area contributed by atoms with Crippen molar-refractivity contribution in [2.45, 2.75) is 38.6 Å². The Kier molecular flexibility index (Phi) is 2.73. The number of ether oxygens (including phenoxy) is 2. The summed E-state index contributed by atoms with van der Waals surface area (Å²) in [7, 11) is 2.21. The maximum atomic E-state index is 6.26. The normalized spacial score (nSPS) is 53.4. The number of hydrogen-bond donors (Lipinski definition) is 0. The van der Waals surface area contributed by atoms with Crippen molar-refractivity contribution in [3.63, 3.8) is 0 Å². The third-order valence-electron chi connectivity index (χ3n) is 4.46. The van der Waals surface area contributed by atoms with Crippen LogP contribution in [0.4, 0.5) is 0 Å². The van der Waals surface area contributed by atoms with Crippen molar-refractivity contribution >= 4 is 0 Å². The zero-order valence-corrected chi connectivity index (χ0v) is 10.6. The zero-order chi connectivity index (χ0) is 11.3. The fourth-order valence-corrected chi connectivity index (χ4v) is 3.16. The summed E-state index contributed by atoms with van der Waals surface area (Å²) in [5, 5.41) is 0. The van der Waals surface area contributed by atoms with Crippen molar-refractivity contribution in [1.29, 1.82) is 0 Å². The highest BCUT2D eigenvalue weighted by Crippen LogP contribution is 2.44. The fourth-order valence-electron chi connectivity index (χ4n) is 3.16. The highest BCUT2D eigenvalue weighted by Gasteiger charge is 2.46. The molecule has 0 aromatic rings. The molecule has 0 aromatic heterocycles. The van der Waals surface area contributed by atoms with Gasteiger partial charge in [-0.15, -0.1) is 0 Å². The van der Waals surface area contributed by atoms with E-state index < -0.39 is 0 Å². The summed E-state index contributed by atoms with van der Waals surface area (Å²) in [6.45, 7) is 7.65. The smallest absolute Gasteiger partial charge is 0.0971 e. The quantitative estimate of drug-likeness (QED) is 0.708. The van der Waals surface area contributed by atoms with Crippen LogP contribution in [0, 0.1) is 17.8 Å². The molecule has 92 valence electrons. The number of likely N-dealkylation sites (N-methyl/N-ethyl adjacent to an activating group) is 1. The molecule has 0 radical (unpaired) electrons. The topological polar surface area (TPSA) is 21.7 Å². The lowest BCUT2D eigenvalue weighted by Gasteiger charge is -2.45. The van der Waals surface area contributed by atoms with E-state index in [1.54, 1.807) is 0 Å². The molecule has 0 bridgehead atoms. The molecule has 0 aromatic carbocycles. The summed E-state index contributed by atoms with van der Waals surface area (Å²) in [5.74, 6) is 2.35. The Morgan fingerprint density at radius 2 is 1.75 bits per heavy atom. The van der Waals surface area contributed by atoms with Crippen LogP contribution in [0.2, 0.25) is 0 Å². The molecule has 2 heterocycles. The average molecular weight is 225 g/mol. The largest absolute Gasteiger partial charge is 0.375 e. The SMILES string of the molecule is CC1CC1C1CN(C)CC(C2OC[C@@H]2C)O1. The van der Waals surface area contributed by atoms with Gasteiger partial charge in [-0.2, -0.15) is 0 Å². The molecule has 3 rings (SSSR count). The molecule has 2 saturated heterocycles. The Hall–Kier alpha value is -0.120. The summed E-state index contributed by atoms with van der Waals surface area (Å²) in [6.07, 6.45) is 2.46. The van der Waals surface area contributed by atoms with Crippen molar-refractivity contribution in [3.05, 3.63) is 0 Å². The maximum Gasteiger partial charge on any atom is 0.0971 e. The molecule has 0 spiro atoms. The predicted octanol–water partition coefficient (Wildman–Crippen LogP) is 1.38. The van der Waals surface area contributed by atoms with Gasteiger partial charge in [0.2, 0.25) is 0 Å². The molecule has 1 saturated carbocycles. The second kappa shape index (κ2) is 3.97. The maximum absolute atomic E-state index is 6.26. The van der Waals surface area contributed by atoms with E-state index in [9.17, 15) is 0 Å². The lowest BCUT2D eigenvalue weighted by Crippen LogP contribution is -2.57. The van der Waals surface area contributed by atoms with Gasteiger partial charge in [-0.1, -0.05) is 13.8 Å². The first-order chi connectivity index (χ1) is 7.65. The third-order valence-corrected chi connectivity index (χ3v) is 4.46. The molecule has 3 heteroatoms. The van der Waals surface area contributed by atoms with Crippen molar-refractivity contribution in [2.24, 2.45) is 17.8 Å². The number of rotatable bonds is 2. The van der Waals surface area contributed by atoms with E-state index in [0.717, 1.165) is 31.5 Å². The average Bonchev–Trinajstić information content (AvgIpc) is 2.92. The van der Waals surface area contributed by atoms with E-state index in [-0.39, 0.29) is 0 Å². The monoisotopic (exact) mass is 225 g/mol. The van der Waals surface area contributed by atoms with Crippen molar-refractivity contribution in [3.8, 4) is 0 Å². The Morgan fingerprint density at radius 3 is 2.25 bits per heavy atom. The molecule has 0 N–H and O–H groups in total. The summed E-state index contributed by atoms with van der Waals surface area (Å²) >= 11 is 0. The molecule has 2 aliphatic heterocycles. The fraction of sp³-hybridized carbons (Fsp3) is 1.00. The molecule has 16 heavy (non-hydrogen) atoms. The van der Waals surface area contributed by atoms with Gasteiger partial charge in [-0.05, 0) is 25.3 Å². The van der Waals surface area contributed by atoms with E-state index in [4.69, 9.17) is 9.47 Å². The highest BCUT2D eigenvalue weighted by atomic mass is 16.6. The van der Waals surface area contributed by atoms with E-state index in [2.05, 4.69) is 25.8 Å². The molecule has 5 unspecified atom stereocenters. The predicted molar refractivity (Wildman–Crippen MR) is 62.3 cm³/mol. The van der Waals surface area contributed by atoms with Gasteiger partial charge < -0.3 is 14.4 Å². The Bertz CT molecular complexity index is 271. The summed E-state index contributed by atoms with van der Waals surface area (Å²) in [5.41, 5.74) is 0. The Morgan fingerprint density at radius 1 is 1.06 bits per heavy atom. The van der Waals surface area contributed by atoms with Gasteiger partial charge in [0, 0.05) is 19.0 Å². The third kappa shape index (κ3) is 1.89. The van der Waals surface area contributed by atoms with Crippen LogP contribution in [0.1, 0.15) is 20.3 Å². The van der Waals surface area contributed by atoms with Gasteiger partial charge in [0.05, 0.1) is 24.9 Å². The lowest BCUT2D eigenvalue weighted by molar-refractivity contribution is -0.212. The molecular weight excluding hydrogens is 202 g/mol. The van der Waals surface area contributed by atoms with Crippen LogP contribution in [-0.2, 0) is 9.47 Å². The summed E-state index contributed by atoms with van der Waals surface area (Å²) in [4.78, 5) is 2.41. The molecule has 1 aliphatic carbocycles. The molecular formula is C13H23NO2. The van der Waals surface area contributed by atoms with Crippen LogP contribution >= 0.6 is 0 Å². The lowest BCUT2D eigenvalue weighted by atomic mass is 9.93. The van der Waals surface area contributed by atoms with Crippen LogP contribution in [-0.4, -0.2) is 50.0 Å². The van der Waals surface area contributed by atoms with E-state index in [1.807, 2.05) is 0 Å². The molecule has 3 nitrogen and oxygen atoms in total. The van der Waals surface area contributed by atoms with E-state index in [0.29, 0.717) is 24.2 Å². The van der Waals surface area contributed by atoms with Gasteiger partial charge in [0.1, 0.15) is 0 Å². The van der Waals surface area contributed by atoms with Crippen LogP contribution < -0.4 is 0 Å². The minimum atomic E-state index is 0.306. The van der Waals surface area contributed by atoms with Crippen molar-refractivity contribution in [2.75, 3.05) is 26.7 Å². The Labute approximate surface area is 98.1 Å². The first kappa shape index (κ1) is 11.0. The van der Waals surface area contributed by atoms with E-state index in [1.165, 1.54) is 6.42 Å². The minimum Gasteiger partial charge on any atom is -0.375 e. The van der Waals surface area contributed by atoms with Crippen LogP contribution in [0.5, 0.6) is 0 Å². The standard InChI is InChI=1S/C13H23NO2/c1-8-4-10(8)11-5-14(3)6-12(16-11)13-9(2)7-15-13/h8-13H,4-7H2,1-3H3/t8?,9-,10?,11?,12?,13?/m0/s1. The molecule has 3 fully saturated rings. The van der Waals surface area contributed by atoms with Gasteiger partial charge in [-0.3, -0.25) is 0 Å². The summed E-state index contributed by atoms with van der Waals surface area (Å²) in [6, 6.07) is 0. The zero-order valence-electron chi connectivity index (χ0n) is 10.6. The highest BCUT2D eigenvalue weighted by molar-refractivity contribution is 4.95. The number of nitrogens with zero attached hydrogens (tertiary/aromatic N) is 1. The van der Waals surface area contributed by atoms with Crippen molar-refractivity contribution in [1.82, 2.24) is 4.90 Å². The van der Waals surface area contributed by atoms with E-state index >= 15 is 0 Å². The first-order valence-corrected chi connectivity index (χ1v) is 6.60. The molecule has 3 aliphatic rings. The Balaban J connectivity index is 1.62. The summed E-state index contributed by atoms with van der Waals surface area (Å²) < 4.78 is 11.9. The molecule has 0 amide bonds. The van der Waals surface area contributed by atoms with Gasteiger partial charge >= 0.3 is 0 Å². The minimum absolute atomic E-state index is 0.306. The van der Waals surface area contributed by atoms with Crippen LogP contribution in [0.3, 0.4) is 0 Å².